The van der Waals surface area contributed by atoms with Crippen molar-refractivity contribution in [2.24, 2.45) is 17.8 Å². The molecule has 4 nitrogen and oxygen atoms in total. The van der Waals surface area contributed by atoms with Crippen LogP contribution in [0.2, 0.25) is 0 Å². The first kappa shape index (κ1) is 14.6. The van der Waals surface area contributed by atoms with Gasteiger partial charge in [-0.05, 0) is 57.8 Å². The van der Waals surface area contributed by atoms with Gasteiger partial charge in [-0.3, -0.25) is 9.59 Å². The van der Waals surface area contributed by atoms with Crippen molar-refractivity contribution < 1.29 is 14.3 Å². The maximum Gasteiger partial charge on any atom is 0.310 e. The number of nitrogens with zero attached hydrogens (tertiary/aromatic N) is 1. The highest BCUT2D eigenvalue weighted by Crippen LogP contribution is 2.43. The van der Waals surface area contributed by atoms with Crippen LogP contribution in [0.5, 0.6) is 0 Å². The van der Waals surface area contributed by atoms with Crippen molar-refractivity contribution in [1.82, 2.24) is 4.90 Å². The average molecular weight is 291 g/mol. The number of esters is 1. The first-order chi connectivity index (χ1) is 10.1. The van der Waals surface area contributed by atoms with E-state index in [2.05, 4.69) is 26.0 Å². The lowest BCUT2D eigenvalue weighted by Gasteiger charge is -2.39. The minimum absolute atomic E-state index is 0.0241. The van der Waals surface area contributed by atoms with Crippen LogP contribution < -0.4 is 0 Å². The Morgan fingerprint density at radius 1 is 1.14 bits per heavy atom. The van der Waals surface area contributed by atoms with Gasteiger partial charge in [0.1, 0.15) is 0 Å². The fourth-order valence-corrected chi connectivity index (χ4v) is 4.28. The van der Waals surface area contributed by atoms with E-state index in [0.717, 1.165) is 25.7 Å². The first-order valence-corrected chi connectivity index (χ1v) is 8.22. The fourth-order valence-electron chi connectivity index (χ4n) is 4.28. The van der Waals surface area contributed by atoms with Crippen molar-refractivity contribution in [3.8, 4) is 0 Å². The summed E-state index contributed by atoms with van der Waals surface area (Å²) >= 11 is 0. The topological polar surface area (TPSA) is 46.6 Å². The predicted octanol–water partition coefficient (Wildman–Crippen LogP) is 2.53. The van der Waals surface area contributed by atoms with Crippen LogP contribution in [0.4, 0.5) is 0 Å². The summed E-state index contributed by atoms with van der Waals surface area (Å²) in [5.41, 5.74) is 0. The quantitative estimate of drug-likeness (QED) is 0.593. The smallest absolute Gasteiger partial charge is 0.310 e. The second kappa shape index (κ2) is 5.82. The largest absolute Gasteiger partial charge is 0.455 e. The van der Waals surface area contributed by atoms with Gasteiger partial charge in [0.15, 0.2) is 6.61 Å². The van der Waals surface area contributed by atoms with Crippen LogP contribution in [0, 0.1) is 17.8 Å². The van der Waals surface area contributed by atoms with Crippen molar-refractivity contribution in [3.05, 3.63) is 12.2 Å². The summed E-state index contributed by atoms with van der Waals surface area (Å²) < 4.78 is 5.33. The Hall–Kier alpha value is -1.32. The second-order valence-electron chi connectivity index (χ2n) is 6.92. The lowest BCUT2D eigenvalue weighted by molar-refractivity contribution is -0.158. The molecule has 1 amide bonds. The molecule has 1 heterocycles. The summed E-state index contributed by atoms with van der Waals surface area (Å²) in [5.74, 6) is 0.638. The normalized spacial score (nSPS) is 37.8. The Bertz CT molecular complexity index is 449. The van der Waals surface area contributed by atoms with Crippen molar-refractivity contribution in [3.63, 3.8) is 0 Å². The first-order valence-electron chi connectivity index (χ1n) is 8.22. The highest BCUT2D eigenvalue weighted by atomic mass is 16.5. The maximum absolute atomic E-state index is 12.3. The summed E-state index contributed by atoms with van der Waals surface area (Å²) in [5, 5.41) is 0. The van der Waals surface area contributed by atoms with E-state index < -0.39 is 0 Å². The number of carbonyl (C=O) groups excluding carboxylic acids is 2. The van der Waals surface area contributed by atoms with E-state index in [1.165, 1.54) is 6.42 Å². The summed E-state index contributed by atoms with van der Waals surface area (Å²) in [7, 11) is 0. The second-order valence-corrected chi connectivity index (χ2v) is 6.92. The maximum atomic E-state index is 12.3. The molecule has 21 heavy (non-hydrogen) atoms. The van der Waals surface area contributed by atoms with Gasteiger partial charge < -0.3 is 9.64 Å². The minimum Gasteiger partial charge on any atom is -0.455 e. The number of hydrogen-bond acceptors (Lipinski definition) is 3. The van der Waals surface area contributed by atoms with Gasteiger partial charge in [-0.1, -0.05) is 12.2 Å². The van der Waals surface area contributed by atoms with Crippen LogP contribution in [0.15, 0.2) is 12.2 Å². The van der Waals surface area contributed by atoms with E-state index in [4.69, 9.17) is 4.74 Å². The molecule has 116 valence electrons. The summed E-state index contributed by atoms with van der Waals surface area (Å²) in [6.45, 7) is 4.07. The third kappa shape index (κ3) is 2.85. The molecule has 0 aromatic heterocycles. The predicted molar refractivity (Wildman–Crippen MR) is 79.4 cm³/mol. The van der Waals surface area contributed by atoms with Crippen LogP contribution in [-0.2, 0) is 14.3 Å². The molecule has 0 unspecified atom stereocenters. The molecule has 2 fully saturated rings. The zero-order valence-electron chi connectivity index (χ0n) is 13.0. The standard InChI is InChI=1S/C17H25NO3/c1-11-4-3-5-12(2)18(11)16(19)10-21-17(20)15-9-13-6-7-14(15)8-13/h6-7,11-15H,3-5,8-10H2,1-2H3/t11-,12-,13+,14+,15-/m1/s1. The van der Waals surface area contributed by atoms with E-state index in [1.807, 2.05) is 4.90 Å². The zero-order valence-corrected chi connectivity index (χ0v) is 13.0. The fraction of sp³-hybridized carbons (Fsp3) is 0.765. The number of allylic oxidation sites excluding steroid dienone is 2. The Morgan fingerprint density at radius 2 is 1.86 bits per heavy atom. The molecule has 4 heteroatoms. The molecule has 5 atom stereocenters. The van der Waals surface area contributed by atoms with E-state index in [-0.39, 0.29) is 36.5 Å². The number of amides is 1. The molecular weight excluding hydrogens is 266 g/mol. The summed E-state index contributed by atoms with van der Waals surface area (Å²) in [4.78, 5) is 26.4. The number of carbonyl (C=O) groups is 2. The van der Waals surface area contributed by atoms with E-state index >= 15 is 0 Å². The SMILES string of the molecule is C[C@@H]1CCC[C@@H](C)N1C(=O)COC(=O)[C@@H]1C[C@H]2C=C[C@H]1C2. The monoisotopic (exact) mass is 291 g/mol. The number of fused-ring (bicyclic) bond motifs is 2. The molecule has 2 aliphatic carbocycles. The third-order valence-electron chi connectivity index (χ3n) is 5.40. The van der Waals surface area contributed by atoms with Crippen molar-refractivity contribution in [1.29, 1.82) is 0 Å². The molecule has 0 spiro atoms. The van der Waals surface area contributed by atoms with Gasteiger partial charge in [0.2, 0.25) is 0 Å². The van der Waals surface area contributed by atoms with E-state index in [9.17, 15) is 9.59 Å². The molecule has 0 N–H and O–H groups in total. The Labute approximate surface area is 126 Å². The molecular formula is C17H25NO3. The van der Waals surface area contributed by atoms with Gasteiger partial charge in [0.05, 0.1) is 5.92 Å². The van der Waals surface area contributed by atoms with Crippen LogP contribution >= 0.6 is 0 Å². The van der Waals surface area contributed by atoms with Crippen molar-refractivity contribution in [2.75, 3.05) is 6.61 Å². The van der Waals surface area contributed by atoms with Gasteiger partial charge in [0.25, 0.3) is 5.91 Å². The molecule has 1 aliphatic heterocycles. The summed E-state index contributed by atoms with van der Waals surface area (Å²) in [6, 6.07) is 0.510. The number of hydrogen-bond donors (Lipinski definition) is 0. The van der Waals surface area contributed by atoms with E-state index in [0.29, 0.717) is 11.8 Å². The third-order valence-corrected chi connectivity index (χ3v) is 5.40. The minimum atomic E-state index is -0.183. The number of likely N-dealkylation sites (tertiary alicyclic amines) is 1. The van der Waals surface area contributed by atoms with Gasteiger partial charge in [0, 0.05) is 12.1 Å². The molecule has 0 aromatic carbocycles. The Kier molecular flexibility index (Phi) is 4.05. The Morgan fingerprint density at radius 3 is 2.43 bits per heavy atom. The number of ether oxygens (including phenoxy) is 1. The molecule has 1 saturated heterocycles. The van der Waals surface area contributed by atoms with Crippen molar-refractivity contribution >= 4 is 11.9 Å². The van der Waals surface area contributed by atoms with E-state index in [1.54, 1.807) is 0 Å². The average Bonchev–Trinajstić information content (AvgIpc) is 3.07. The van der Waals surface area contributed by atoms with Gasteiger partial charge in [-0.15, -0.1) is 0 Å². The zero-order chi connectivity index (χ0) is 15.0. The summed E-state index contributed by atoms with van der Waals surface area (Å²) in [6.07, 6.45) is 9.57. The molecule has 0 radical (unpaired) electrons. The lowest BCUT2D eigenvalue weighted by Crippen LogP contribution is -2.49. The van der Waals surface area contributed by atoms with Gasteiger partial charge in [-0.25, -0.2) is 0 Å². The van der Waals surface area contributed by atoms with Crippen LogP contribution in [-0.4, -0.2) is 35.5 Å². The van der Waals surface area contributed by atoms with Crippen LogP contribution in [0.1, 0.15) is 46.0 Å². The number of piperidine rings is 1. The van der Waals surface area contributed by atoms with Crippen LogP contribution in [0.25, 0.3) is 0 Å². The highest BCUT2D eigenvalue weighted by Gasteiger charge is 2.41. The number of rotatable bonds is 3. The van der Waals surface area contributed by atoms with Crippen molar-refractivity contribution in [2.45, 2.75) is 58.0 Å². The molecule has 1 saturated carbocycles. The van der Waals surface area contributed by atoms with Crippen LogP contribution in [0.3, 0.4) is 0 Å². The highest BCUT2D eigenvalue weighted by molar-refractivity contribution is 5.82. The Balaban J connectivity index is 1.51. The molecule has 3 aliphatic rings. The van der Waals surface area contributed by atoms with Gasteiger partial charge >= 0.3 is 5.97 Å². The molecule has 2 bridgehead atoms. The lowest BCUT2D eigenvalue weighted by atomic mass is 9.94. The molecule has 3 rings (SSSR count). The van der Waals surface area contributed by atoms with Gasteiger partial charge in [-0.2, -0.15) is 0 Å². The molecule has 0 aromatic rings.